The third kappa shape index (κ3) is 30.9. The molecule has 4 heteroatoms. The summed E-state index contributed by atoms with van der Waals surface area (Å²) < 4.78 is 12.7. The Bertz CT molecular complexity index is 817. The Morgan fingerprint density at radius 2 is 1.00 bits per heavy atom. The molecule has 0 saturated carbocycles. The van der Waals surface area contributed by atoms with Crippen molar-refractivity contribution < 1.29 is 9.47 Å². The van der Waals surface area contributed by atoms with Crippen LogP contribution >= 0.6 is 0 Å². The van der Waals surface area contributed by atoms with Crippen molar-refractivity contribution in [3.05, 3.63) is 48.6 Å². The number of unbranched alkanes of at least 4 members (excludes halogenated alkanes) is 18. The standard InChI is InChI=1S/C47H88N2O2/c1-5-9-11-13-15-17-19-21-23-25-27-29-31-33-35-37-41-50-45-47(44-48-40-39-46(43-48)49(7-3)8-4)51-42-38-36-34-32-30-28-26-24-22-20-18-16-14-12-10-6-2/h15-18,21-24,46-47H,5-14,19-20,25-45H2,1-4H3/b17-15-,18-16-,23-21-,24-22-. The lowest BCUT2D eigenvalue weighted by molar-refractivity contribution is -0.0323. The van der Waals surface area contributed by atoms with Gasteiger partial charge in [-0.25, -0.2) is 0 Å². The van der Waals surface area contributed by atoms with Crippen molar-refractivity contribution in [1.29, 1.82) is 0 Å². The Labute approximate surface area is 320 Å². The molecule has 298 valence electrons. The quantitative estimate of drug-likeness (QED) is 0.0470. The highest BCUT2D eigenvalue weighted by Gasteiger charge is 2.28. The highest BCUT2D eigenvalue weighted by Crippen LogP contribution is 2.17. The van der Waals surface area contributed by atoms with E-state index in [9.17, 15) is 0 Å². The largest absolute Gasteiger partial charge is 0.379 e. The Balaban J connectivity index is 2.16. The lowest BCUT2D eigenvalue weighted by atomic mass is 10.1. The zero-order chi connectivity index (χ0) is 36.7. The van der Waals surface area contributed by atoms with Gasteiger partial charge in [0.15, 0.2) is 0 Å². The molecule has 1 heterocycles. The molecule has 0 amide bonds. The summed E-state index contributed by atoms with van der Waals surface area (Å²) in [6, 6.07) is 0.701. The average Bonchev–Trinajstić information content (AvgIpc) is 3.60. The smallest absolute Gasteiger partial charge is 0.0934 e. The SMILES string of the molecule is CCCCC/C=C\C/C=C\CCCCCCCCOCC(CN1CCC(N(CC)CC)C1)OCCCCCCCC/C=C\C/C=C\CCCCC. The third-order valence-corrected chi connectivity index (χ3v) is 10.5. The molecule has 0 radical (unpaired) electrons. The summed E-state index contributed by atoms with van der Waals surface area (Å²) in [5, 5.41) is 0. The number of likely N-dealkylation sites (N-methyl/N-ethyl adjacent to an activating group) is 1. The minimum absolute atomic E-state index is 0.197. The van der Waals surface area contributed by atoms with Gasteiger partial charge in [-0.1, -0.05) is 153 Å². The molecule has 0 N–H and O–H groups in total. The molecule has 1 aliphatic heterocycles. The molecule has 0 aromatic carbocycles. The van der Waals surface area contributed by atoms with E-state index in [1.165, 1.54) is 161 Å². The van der Waals surface area contributed by atoms with Gasteiger partial charge in [-0.3, -0.25) is 9.80 Å². The molecule has 0 aromatic heterocycles. The molecule has 2 atom stereocenters. The van der Waals surface area contributed by atoms with E-state index in [1.54, 1.807) is 0 Å². The number of hydrogen-bond donors (Lipinski definition) is 0. The topological polar surface area (TPSA) is 24.9 Å². The second-order valence-corrected chi connectivity index (χ2v) is 15.2. The maximum absolute atomic E-state index is 6.50. The van der Waals surface area contributed by atoms with Crippen LogP contribution in [0.2, 0.25) is 0 Å². The van der Waals surface area contributed by atoms with Crippen LogP contribution in [0.25, 0.3) is 0 Å². The van der Waals surface area contributed by atoms with Crippen molar-refractivity contribution in [2.75, 3.05) is 52.5 Å². The van der Waals surface area contributed by atoms with E-state index in [0.717, 1.165) is 52.3 Å². The van der Waals surface area contributed by atoms with Gasteiger partial charge in [0.2, 0.25) is 0 Å². The molecule has 51 heavy (non-hydrogen) atoms. The van der Waals surface area contributed by atoms with Crippen LogP contribution in [-0.2, 0) is 9.47 Å². The van der Waals surface area contributed by atoms with Gasteiger partial charge in [-0.2, -0.15) is 0 Å². The van der Waals surface area contributed by atoms with Gasteiger partial charge >= 0.3 is 0 Å². The lowest BCUT2D eigenvalue weighted by Gasteiger charge is -2.28. The molecular formula is C47H88N2O2. The van der Waals surface area contributed by atoms with Gasteiger partial charge in [-0.15, -0.1) is 0 Å². The first-order chi connectivity index (χ1) is 25.2. The molecule has 1 rings (SSSR count). The molecule has 0 spiro atoms. The maximum atomic E-state index is 6.50. The Hall–Kier alpha value is -1.20. The fourth-order valence-electron chi connectivity index (χ4n) is 7.20. The first-order valence-electron chi connectivity index (χ1n) is 22.5. The molecule has 1 aliphatic rings. The van der Waals surface area contributed by atoms with Crippen LogP contribution in [0.5, 0.6) is 0 Å². The van der Waals surface area contributed by atoms with E-state index in [4.69, 9.17) is 9.47 Å². The van der Waals surface area contributed by atoms with Crippen LogP contribution in [0.4, 0.5) is 0 Å². The van der Waals surface area contributed by atoms with Crippen LogP contribution in [0.1, 0.15) is 188 Å². The van der Waals surface area contributed by atoms with Gasteiger partial charge in [0.1, 0.15) is 0 Å². The summed E-state index contributed by atoms with van der Waals surface area (Å²) in [5.41, 5.74) is 0. The minimum atomic E-state index is 0.197. The van der Waals surface area contributed by atoms with Crippen molar-refractivity contribution in [1.82, 2.24) is 9.80 Å². The minimum Gasteiger partial charge on any atom is -0.379 e. The van der Waals surface area contributed by atoms with Gasteiger partial charge in [0.25, 0.3) is 0 Å². The van der Waals surface area contributed by atoms with Gasteiger partial charge in [0, 0.05) is 32.3 Å². The fraction of sp³-hybridized carbons (Fsp3) is 0.830. The highest BCUT2D eigenvalue weighted by molar-refractivity contribution is 4.93. The molecule has 0 aliphatic carbocycles. The van der Waals surface area contributed by atoms with Crippen molar-refractivity contribution in [3.63, 3.8) is 0 Å². The normalized spacial score (nSPS) is 16.5. The molecule has 0 aromatic rings. The number of hydrogen-bond acceptors (Lipinski definition) is 4. The maximum Gasteiger partial charge on any atom is 0.0934 e. The zero-order valence-electron chi connectivity index (χ0n) is 34.8. The lowest BCUT2D eigenvalue weighted by Crippen LogP contribution is -2.40. The summed E-state index contributed by atoms with van der Waals surface area (Å²) in [7, 11) is 0. The first-order valence-corrected chi connectivity index (χ1v) is 22.5. The average molecular weight is 713 g/mol. The Morgan fingerprint density at radius 1 is 0.549 bits per heavy atom. The number of ether oxygens (including phenoxy) is 2. The number of allylic oxidation sites excluding steroid dienone is 8. The van der Waals surface area contributed by atoms with Crippen LogP contribution in [-0.4, -0.2) is 74.5 Å². The van der Waals surface area contributed by atoms with Crippen molar-refractivity contribution in [2.45, 2.75) is 200 Å². The second kappa shape index (κ2) is 38.5. The summed E-state index contributed by atoms with van der Waals surface area (Å²) in [6.07, 6.45) is 51.1. The summed E-state index contributed by atoms with van der Waals surface area (Å²) in [5.74, 6) is 0. The molecule has 4 nitrogen and oxygen atoms in total. The number of likely N-dealkylation sites (tertiary alicyclic amines) is 1. The van der Waals surface area contributed by atoms with Crippen molar-refractivity contribution in [3.8, 4) is 0 Å². The van der Waals surface area contributed by atoms with E-state index < -0.39 is 0 Å². The predicted octanol–water partition coefficient (Wildman–Crippen LogP) is 13.4. The summed E-state index contributed by atoms with van der Waals surface area (Å²) in [4.78, 5) is 5.26. The fourth-order valence-corrected chi connectivity index (χ4v) is 7.20. The van der Waals surface area contributed by atoms with Gasteiger partial charge < -0.3 is 9.47 Å². The predicted molar refractivity (Wildman–Crippen MR) is 227 cm³/mol. The molecular weight excluding hydrogens is 625 g/mol. The molecule has 0 bridgehead atoms. The Morgan fingerprint density at radius 3 is 1.49 bits per heavy atom. The van der Waals surface area contributed by atoms with Crippen molar-refractivity contribution in [2.24, 2.45) is 0 Å². The van der Waals surface area contributed by atoms with Crippen LogP contribution in [0, 0.1) is 0 Å². The number of rotatable bonds is 38. The number of nitrogens with zero attached hydrogens (tertiary/aromatic N) is 2. The monoisotopic (exact) mass is 713 g/mol. The van der Waals surface area contributed by atoms with E-state index in [0.29, 0.717) is 6.04 Å². The van der Waals surface area contributed by atoms with Crippen LogP contribution < -0.4 is 0 Å². The van der Waals surface area contributed by atoms with Gasteiger partial charge in [0.05, 0.1) is 12.7 Å². The van der Waals surface area contributed by atoms with E-state index >= 15 is 0 Å². The van der Waals surface area contributed by atoms with Gasteiger partial charge in [-0.05, 0) is 103 Å². The zero-order valence-corrected chi connectivity index (χ0v) is 34.8. The van der Waals surface area contributed by atoms with Crippen LogP contribution in [0.15, 0.2) is 48.6 Å². The molecule has 1 fully saturated rings. The molecule has 2 unspecified atom stereocenters. The van der Waals surface area contributed by atoms with Crippen LogP contribution in [0.3, 0.4) is 0 Å². The van der Waals surface area contributed by atoms with E-state index in [1.807, 2.05) is 0 Å². The van der Waals surface area contributed by atoms with Crippen molar-refractivity contribution >= 4 is 0 Å². The summed E-state index contributed by atoms with van der Waals surface area (Å²) in [6.45, 7) is 17.3. The molecule has 1 saturated heterocycles. The summed E-state index contributed by atoms with van der Waals surface area (Å²) >= 11 is 0. The van der Waals surface area contributed by atoms with E-state index in [2.05, 4.69) is 86.1 Å². The Kier molecular flexibility index (Phi) is 36.1. The third-order valence-electron chi connectivity index (χ3n) is 10.5. The highest BCUT2D eigenvalue weighted by atomic mass is 16.5. The second-order valence-electron chi connectivity index (χ2n) is 15.2. The van der Waals surface area contributed by atoms with E-state index in [-0.39, 0.29) is 6.10 Å². The first kappa shape index (κ1) is 47.8.